The molecule has 0 aliphatic heterocycles. The number of hydrogen-bond donors (Lipinski definition) is 0. The van der Waals surface area contributed by atoms with Gasteiger partial charge in [-0.05, 0) is 19.1 Å². The molecule has 6 heteroatoms. The highest BCUT2D eigenvalue weighted by atomic mass is 32.2. The molecule has 0 saturated carbocycles. The minimum atomic E-state index is -0.387. The number of thioether (sulfide) groups is 1. The molecule has 0 atom stereocenters. The summed E-state index contributed by atoms with van der Waals surface area (Å²) in [6.45, 7) is 2.05. The van der Waals surface area contributed by atoms with Crippen molar-refractivity contribution in [1.82, 2.24) is 10.1 Å². The van der Waals surface area contributed by atoms with E-state index in [4.69, 9.17) is 4.52 Å². The number of nitrogens with zero attached hydrogens (tertiary/aromatic N) is 2. The molecule has 5 nitrogen and oxygen atoms in total. The van der Waals surface area contributed by atoms with E-state index in [0.717, 1.165) is 4.90 Å². The number of esters is 1. The van der Waals surface area contributed by atoms with Crippen LogP contribution in [0.5, 0.6) is 0 Å². The van der Waals surface area contributed by atoms with Gasteiger partial charge in [0.2, 0.25) is 5.89 Å². The van der Waals surface area contributed by atoms with Crippen LogP contribution in [0.1, 0.15) is 17.3 Å². The Morgan fingerprint density at radius 2 is 2.32 bits per heavy atom. The fraction of sp³-hybridized carbons (Fsp3) is 0.308. The molecule has 19 heavy (non-hydrogen) atoms. The highest BCUT2D eigenvalue weighted by molar-refractivity contribution is 7.98. The Morgan fingerprint density at radius 1 is 1.47 bits per heavy atom. The summed E-state index contributed by atoms with van der Waals surface area (Å²) < 4.78 is 9.51. The van der Waals surface area contributed by atoms with E-state index in [9.17, 15) is 4.79 Å². The predicted octanol–water partition coefficient (Wildman–Crippen LogP) is 2.39. The first kappa shape index (κ1) is 13.6. The quantitative estimate of drug-likeness (QED) is 0.618. The van der Waals surface area contributed by atoms with Gasteiger partial charge < -0.3 is 9.26 Å². The van der Waals surface area contributed by atoms with Gasteiger partial charge in [0.05, 0.1) is 12.9 Å². The number of hydrogen-bond acceptors (Lipinski definition) is 6. The number of rotatable bonds is 5. The third-order valence-corrected chi connectivity index (χ3v) is 3.38. The maximum atomic E-state index is 11.1. The highest BCUT2D eigenvalue weighted by Gasteiger charge is 2.11. The summed E-state index contributed by atoms with van der Waals surface area (Å²) in [4.78, 5) is 16.3. The van der Waals surface area contributed by atoms with Crippen LogP contribution in [0.2, 0.25) is 0 Å². The van der Waals surface area contributed by atoms with Crippen LogP contribution in [0.25, 0.3) is 0 Å². The molecule has 0 spiro atoms. The average molecular weight is 278 g/mol. The minimum Gasteiger partial charge on any atom is -0.469 e. The zero-order valence-corrected chi connectivity index (χ0v) is 11.6. The standard InChI is InChI=1S/C13H14N2O3S/c1-9-4-3-5-10(6-9)19-8-11-14-12(18-15-11)7-13(16)17-2/h3-6H,7-8H2,1-2H3. The van der Waals surface area contributed by atoms with Gasteiger partial charge in [0.25, 0.3) is 0 Å². The van der Waals surface area contributed by atoms with Gasteiger partial charge in [-0.3, -0.25) is 4.79 Å². The van der Waals surface area contributed by atoms with Gasteiger partial charge in [-0.25, -0.2) is 0 Å². The second kappa shape index (κ2) is 6.38. The second-order valence-corrected chi connectivity index (χ2v) is 5.01. The normalized spacial score (nSPS) is 10.4. The van der Waals surface area contributed by atoms with E-state index in [-0.39, 0.29) is 18.3 Å². The molecule has 0 saturated heterocycles. The molecule has 100 valence electrons. The summed E-state index contributed by atoms with van der Waals surface area (Å²) in [6, 6.07) is 8.19. The molecule has 0 radical (unpaired) electrons. The van der Waals surface area contributed by atoms with Crippen molar-refractivity contribution in [2.24, 2.45) is 0 Å². The van der Waals surface area contributed by atoms with Crippen LogP contribution in [-0.4, -0.2) is 23.2 Å². The minimum absolute atomic E-state index is 0.0125. The number of aryl methyl sites for hydroxylation is 1. The smallest absolute Gasteiger partial charge is 0.315 e. The summed E-state index contributed by atoms with van der Waals surface area (Å²) in [5.74, 6) is 1.08. The molecule has 1 aromatic heterocycles. The van der Waals surface area contributed by atoms with Crippen LogP contribution < -0.4 is 0 Å². The van der Waals surface area contributed by atoms with Crippen molar-refractivity contribution in [1.29, 1.82) is 0 Å². The molecule has 0 aliphatic carbocycles. The van der Waals surface area contributed by atoms with E-state index in [1.54, 1.807) is 11.8 Å². The Bertz CT molecular complexity index is 569. The number of ether oxygens (including phenoxy) is 1. The van der Waals surface area contributed by atoms with Crippen molar-refractivity contribution in [3.63, 3.8) is 0 Å². The molecule has 0 fully saturated rings. The van der Waals surface area contributed by atoms with E-state index < -0.39 is 0 Å². The number of methoxy groups -OCH3 is 1. The monoisotopic (exact) mass is 278 g/mol. The summed E-state index contributed by atoms with van der Waals surface area (Å²) in [5, 5.41) is 3.83. The number of benzene rings is 1. The van der Waals surface area contributed by atoms with Crippen molar-refractivity contribution < 1.29 is 14.1 Å². The van der Waals surface area contributed by atoms with Crippen molar-refractivity contribution >= 4 is 17.7 Å². The summed E-state index contributed by atoms with van der Waals surface area (Å²) >= 11 is 1.62. The maximum Gasteiger partial charge on any atom is 0.315 e. The fourth-order valence-corrected chi connectivity index (χ4v) is 2.33. The molecule has 0 bridgehead atoms. The van der Waals surface area contributed by atoms with E-state index in [1.807, 2.05) is 25.1 Å². The zero-order valence-electron chi connectivity index (χ0n) is 10.8. The van der Waals surface area contributed by atoms with Crippen LogP contribution in [0.4, 0.5) is 0 Å². The van der Waals surface area contributed by atoms with Crippen LogP contribution >= 0.6 is 11.8 Å². The Balaban J connectivity index is 1.91. The topological polar surface area (TPSA) is 65.2 Å². The highest BCUT2D eigenvalue weighted by Crippen LogP contribution is 2.22. The average Bonchev–Trinajstić information content (AvgIpc) is 2.84. The van der Waals surface area contributed by atoms with Gasteiger partial charge in [0.1, 0.15) is 6.42 Å². The van der Waals surface area contributed by atoms with Gasteiger partial charge in [-0.15, -0.1) is 11.8 Å². The Labute approximate surface area is 115 Å². The number of carbonyl (C=O) groups is 1. The second-order valence-electron chi connectivity index (χ2n) is 3.96. The van der Waals surface area contributed by atoms with Crippen LogP contribution in [-0.2, 0) is 21.7 Å². The lowest BCUT2D eigenvalue weighted by molar-refractivity contribution is -0.140. The zero-order chi connectivity index (χ0) is 13.7. The van der Waals surface area contributed by atoms with Gasteiger partial charge in [0.15, 0.2) is 5.82 Å². The molecule has 1 aromatic carbocycles. The lowest BCUT2D eigenvalue weighted by atomic mass is 10.2. The van der Waals surface area contributed by atoms with Gasteiger partial charge in [-0.1, -0.05) is 22.9 Å². The van der Waals surface area contributed by atoms with Crippen molar-refractivity contribution in [3.8, 4) is 0 Å². The molecule has 0 unspecified atom stereocenters. The number of carbonyl (C=O) groups excluding carboxylic acids is 1. The third-order valence-electron chi connectivity index (χ3n) is 2.39. The van der Waals surface area contributed by atoms with Gasteiger partial charge in [-0.2, -0.15) is 4.98 Å². The molecule has 2 aromatic rings. The molecule has 0 aliphatic rings. The molecule has 0 amide bonds. The van der Waals surface area contributed by atoms with E-state index in [2.05, 4.69) is 20.9 Å². The maximum absolute atomic E-state index is 11.1. The van der Waals surface area contributed by atoms with Gasteiger partial charge >= 0.3 is 5.97 Å². The summed E-state index contributed by atoms with van der Waals surface area (Å²) in [7, 11) is 1.33. The first-order chi connectivity index (χ1) is 9.17. The van der Waals surface area contributed by atoms with E-state index in [0.29, 0.717) is 11.6 Å². The molecule has 1 heterocycles. The first-order valence-electron chi connectivity index (χ1n) is 5.75. The molecule has 2 rings (SSSR count). The third kappa shape index (κ3) is 4.10. The Morgan fingerprint density at radius 3 is 3.05 bits per heavy atom. The fourth-order valence-electron chi connectivity index (χ4n) is 1.47. The Hall–Kier alpha value is -1.82. The lowest BCUT2D eigenvalue weighted by Gasteiger charge is -1.99. The largest absolute Gasteiger partial charge is 0.469 e. The van der Waals surface area contributed by atoms with Crippen molar-refractivity contribution in [2.45, 2.75) is 24.0 Å². The lowest BCUT2D eigenvalue weighted by Crippen LogP contribution is -2.04. The van der Waals surface area contributed by atoms with Crippen LogP contribution in [0.15, 0.2) is 33.7 Å². The predicted molar refractivity (Wildman–Crippen MR) is 70.8 cm³/mol. The van der Waals surface area contributed by atoms with Crippen LogP contribution in [0.3, 0.4) is 0 Å². The van der Waals surface area contributed by atoms with E-state index >= 15 is 0 Å². The van der Waals surface area contributed by atoms with E-state index in [1.165, 1.54) is 12.7 Å². The van der Waals surface area contributed by atoms with Crippen molar-refractivity contribution in [2.75, 3.05) is 7.11 Å². The van der Waals surface area contributed by atoms with Crippen LogP contribution in [0, 0.1) is 6.92 Å². The summed E-state index contributed by atoms with van der Waals surface area (Å²) in [6.07, 6.45) is 0.0125. The number of aromatic nitrogens is 2. The Kier molecular flexibility index (Phi) is 4.57. The summed E-state index contributed by atoms with van der Waals surface area (Å²) in [5.41, 5.74) is 1.21. The first-order valence-corrected chi connectivity index (χ1v) is 6.73. The molecular weight excluding hydrogens is 264 g/mol. The SMILES string of the molecule is COC(=O)Cc1nc(CSc2cccc(C)c2)no1. The molecule has 0 N–H and O–H groups in total. The van der Waals surface area contributed by atoms with Gasteiger partial charge in [0, 0.05) is 4.90 Å². The molecular formula is C13H14N2O3S. The van der Waals surface area contributed by atoms with Crippen molar-refractivity contribution in [3.05, 3.63) is 41.5 Å².